The molecule has 19 heavy (non-hydrogen) atoms. The minimum atomic E-state index is -0.512. The lowest BCUT2D eigenvalue weighted by Gasteiger charge is -2.37. The van der Waals surface area contributed by atoms with Gasteiger partial charge in [0.2, 0.25) is 0 Å². The second-order valence-corrected chi connectivity index (χ2v) is 6.01. The molecule has 106 valence electrons. The molecule has 0 amide bonds. The molecule has 1 aromatic rings. The van der Waals surface area contributed by atoms with Crippen LogP contribution in [-0.4, -0.2) is 34.8 Å². The highest BCUT2D eigenvalue weighted by Gasteiger charge is 2.28. The summed E-state index contributed by atoms with van der Waals surface area (Å²) in [5, 5.41) is 13.5. The molecule has 0 aliphatic carbocycles. The molecule has 1 saturated heterocycles. The average Bonchev–Trinajstić information content (AvgIpc) is 2.37. The second kappa shape index (κ2) is 5.88. The topological polar surface area (TPSA) is 48.4 Å². The lowest BCUT2D eigenvalue weighted by Crippen LogP contribution is -2.43. The number of aromatic nitrogens is 1. The largest absolute Gasteiger partial charge is 0.390 e. The Balaban J connectivity index is 2.07. The number of rotatable bonds is 4. The van der Waals surface area contributed by atoms with Crippen LogP contribution in [0.5, 0.6) is 0 Å². The van der Waals surface area contributed by atoms with Crippen molar-refractivity contribution in [1.29, 1.82) is 0 Å². The summed E-state index contributed by atoms with van der Waals surface area (Å²) >= 11 is 0. The first-order chi connectivity index (χ1) is 8.98. The van der Waals surface area contributed by atoms with Crippen LogP contribution in [0.15, 0.2) is 18.3 Å². The van der Waals surface area contributed by atoms with Crippen LogP contribution in [0, 0.1) is 0 Å². The molecule has 4 heteroatoms. The Morgan fingerprint density at radius 2 is 2.11 bits per heavy atom. The van der Waals surface area contributed by atoms with Crippen LogP contribution in [-0.2, 0) is 6.54 Å². The standard InChI is InChI=1S/C15H25N3O/c1-12(2)17-11-13-5-4-8-16-14(13)18-9-6-15(3,19)7-10-18/h4-5,8,12,17,19H,6-7,9-11H2,1-3H3. The number of pyridine rings is 1. The molecule has 1 aromatic heterocycles. The number of piperidine rings is 1. The van der Waals surface area contributed by atoms with E-state index in [1.807, 2.05) is 19.2 Å². The van der Waals surface area contributed by atoms with Crippen LogP contribution >= 0.6 is 0 Å². The fourth-order valence-electron chi connectivity index (χ4n) is 2.37. The summed E-state index contributed by atoms with van der Waals surface area (Å²) in [5.74, 6) is 1.06. The normalized spacial score (nSPS) is 18.9. The van der Waals surface area contributed by atoms with E-state index in [0.29, 0.717) is 6.04 Å². The lowest BCUT2D eigenvalue weighted by atomic mass is 9.93. The molecule has 0 aromatic carbocycles. The van der Waals surface area contributed by atoms with E-state index in [1.165, 1.54) is 5.56 Å². The smallest absolute Gasteiger partial charge is 0.133 e. The van der Waals surface area contributed by atoms with Gasteiger partial charge < -0.3 is 15.3 Å². The van der Waals surface area contributed by atoms with Gasteiger partial charge >= 0.3 is 0 Å². The molecule has 0 spiro atoms. The lowest BCUT2D eigenvalue weighted by molar-refractivity contribution is 0.0350. The fraction of sp³-hybridized carbons (Fsp3) is 0.667. The number of hydrogen-bond acceptors (Lipinski definition) is 4. The van der Waals surface area contributed by atoms with Crippen LogP contribution in [0.1, 0.15) is 39.2 Å². The van der Waals surface area contributed by atoms with Gasteiger partial charge in [0.1, 0.15) is 5.82 Å². The van der Waals surface area contributed by atoms with Gasteiger partial charge in [-0.25, -0.2) is 4.98 Å². The van der Waals surface area contributed by atoms with Crippen LogP contribution in [0.25, 0.3) is 0 Å². The van der Waals surface area contributed by atoms with Gasteiger partial charge in [0.05, 0.1) is 5.60 Å². The Morgan fingerprint density at radius 1 is 1.42 bits per heavy atom. The van der Waals surface area contributed by atoms with E-state index in [9.17, 15) is 5.11 Å². The van der Waals surface area contributed by atoms with Crippen LogP contribution < -0.4 is 10.2 Å². The summed E-state index contributed by atoms with van der Waals surface area (Å²) in [6.45, 7) is 8.80. The van der Waals surface area contributed by atoms with Crippen molar-refractivity contribution in [3.8, 4) is 0 Å². The van der Waals surface area contributed by atoms with E-state index in [0.717, 1.165) is 38.3 Å². The van der Waals surface area contributed by atoms with E-state index < -0.39 is 5.60 Å². The van der Waals surface area contributed by atoms with E-state index in [2.05, 4.69) is 35.1 Å². The molecular weight excluding hydrogens is 238 g/mol. The van der Waals surface area contributed by atoms with Gasteiger partial charge in [-0.3, -0.25) is 0 Å². The van der Waals surface area contributed by atoms with Gasteiger partial charge in [-0.15, -0.1) is 0 Å². The number of aliphatic hydroxyl groups is 1. The van der Waals surface area contributed by atoms with Gasteiger partial charge in [0, 0.05) is 37.4 Å². The van der Waals surface area contributed by atoms with Gasteiger partial charge in [0.25, 0.3) is 0 Å². The fourth-order valence-corrected chi connectivity index (χ4v) is 2.37. The van der Waals surface area contributed by atoms with Crippen LogP contribution in [0.3, 0.4) is 0 Å². The third-order valence-corrected chi connectivity index (χ3v) is 3.71. The van der Waals surface area contributed by atoms with Gasteiger partial charge in [-0.2, -0.15) is 0 Å². The summed E-state index contributed by atoms with van der Waals surface area (Å²) in [5.41, 5.74) is 0.722. The maximum absolute atomic E-state index is 10.0. The third-order valence-electron chi connectivity index (χ3n) is 3.71. The monoisotopic (exact) mass is 263 g/mol. The highest BCUT2D eigenvalue weighted by atomic mass is 16.3. The maximum atomic E-state index is 10.0. The molecule has 2 heterocycles. The zero-order chi connectivity index (χ0) is 13.9. The van der Waals surface area contributed by atoms with Gasteiger partial charge in [0.15, 0.2) is 0 Å². The van der Waals surface area contributed by atoms with E-state index >= 15 is 0 Å². The summed E-state index contributed by atoms with van der Waals surface area (Å²) in [4.78, 5) is 6.82. The van der Waals surface area contributed by atoms with E-state index in [1.54, 1.807) is 0 Å². The Labute approximate surface area is 115 Å². The first-order valence-electron chi connectivity index (χ1n) is 7.12. The Morgan fingerprint density at radius 3 is 2.74 bits per heavy atom. The van der Waals surface area contributed by atoms with Crippen molar-refractivity contribution >= 4 is 5.82 Å². The summed E-state index contributed by atoms with van der Waals surface area (Å²) in [6.07, 6.45) is 3.46. The zero-order valence-corrected chi connectivity index (χ0v) is 12.2. The molecule has 1 aliphatic rings. The highest BCUT2D eigenvalue weighted by molar-refractivity contribution is 5.47. The molecular formula is C15H25N3O. The molecule has 2 N–H and O–H groups in total. The van der Waals surface area contributed by atoms with Crippen molar-refractivity contribution in [2.75, 3.05) is 18.0 Å². The minimum Gasteiger partial charge on any atom is -0.390 e. The molecule has 1 aliphatic heterocycles. The quantitative estimate of drug-likeness (QED) is 0.871. The molecule has 0 bridgehead atoms. The molecule has 0 unspecified atom stereocenters. The number of nitrogens with one attached hydrogen (secondary N) is 1. The van der Waals surface area contributed by atoms with Crippen molar-refractivity contribution < 1.29 is 5.11 Å². The van der Waals surface area contributed by atoms with Crippen LogP contribution in [0.4, 0.5) is 5.82 Å². The predicted molar refractivity (Wildman–Crippen MR) is 78.3 cm³/mol. The van der Waals surface area contributed by atoms with Crippen molar-refractivity contribution in [2.45, 2.75) is 51.8 Å². The predicted octanol–water partition coefficient (Wildman–Crippen LogP) is 1.93. The molecule has 1 fully saturated rings. The van der Waals surface area contributed by atoms with Gasteiger partial charge in [-0.05, 0) is 25.8 Å². The van der Waals surface area contributed by atoms with Crippen molar-refractivity contribution in [1.82, 2.24) is 10.3 Å². The Hall–Kier alpha value is -1.13. The first-order valence-corrected chi connectivity index (χ1v) is 7.12. The van der Waals surface area contributed by atoms with Crippen molar-refractivity contribution in [2.24, 2.45) is 0 Å². The Kier molecular flexibility index (Phi) is 4.42. The molecule has 0 atom stereocenters. The van der Waals surface area contributed by atoms with E-state index in [-0.39, 0.29) is 0 Å². The van der Waals surface area contributed by atoms with Crippen molar-refractivity contribution in [3.63, 3.8) is 0 Å². The van der Waals surface area contributed by atoms with Crippen LogP contribution in [0.2, 0.25) is 0 Å². The summed E-state index contributed by atoms with van der Waals surface area (Å²) in [7, 11) is 0. The summed E-state index contributed by atoms with van der Waals surface area (Å²) in [6, 6.07) is 4.58. The SMILES string of the molecule is CC(C)NCc1cccnc1N1CCC(C)(O)CC1. The maximum Gasteiger partial charge on any atom is 0.133 e. The number of anilines is 1. The van der Waals surface area contributed by atoms with E-state index in [4.69, 9.17) is 0 Å². The average molecular weight is 263 g/mol. The molecule has 0 radical (unpaired) electrons. The zero-order valence-electron chi connectivity index (χ0n) is 12.2. The molecule has 4 nitrogen and oxygen atoms in total. The minimum absolute atomic E-state index is 0.468. The second-order valence-electron chi connectivity index (χ2n) is 6.01. The molecule has 0 saturated carbocycles. The number of nitrogens with zero attached hydrogens (tertiary/aromatic N) is 2. The third kappa shape index (κ3) is 3.91. The highest BCUT2D eigenvalue weighted by Crippen LogP contribution is 2.26. The van der Waals surface area contributed by atoms with Crippen molar-refractivity contribution in [3.05, 3.63) is 23.9 Å². The Bertz CT molecular complexity index is 408. The first kappa shape index (κ1) is 14.3. The van der Waals surface area contributed by atoms with Gasteiger partial charge in [-0.1, -0.05) is 19.9 Å². The molecule has 2 rings (SSSR count). The summed E-state index contributed by atoms with van der Waals surface area (Å²) < 4.78 is 0. The number of hydrogen-bond donors (Lipinski definition) is 2.